The van der Waals surface area contributed by atoms with Crippen LogP contribution in [0, 0.1) is 20.8 Å². The molecule has 0 bridgehead atoms. The molecule has 80 valence electrons. The van der Waals surface area contributed by atoms with Crippen LogP contribution in [0.25, 0.3) is 0 Å². The zero-order valence-electron chi connectivity index (χ0n) is 8.17. The molecular formula is C10H11F4-. The fraction of sp³-hybridized carbons (Fsp3) is 0.400. The molecule has 0 saturated carbocycles. The van der Waals surface area contributed by atoms with Crippen molar-refractivity contribution in [3.05, 3.63) is 34.4 Å². The lowest BCUT2D eigenvalue weighted by Gasteiger charge is -2.13. The van der Waals surface area contributed by atoms with Gasteiger partial charge in [-0.15, -0.1) is 0 Å². The summed E-state index contributed by atoms with van der Waals surface area (Å²) in [6.45, 7) is 4.77. The Morgan fingerprint density at radius 2 is 1.29 bits per heavy atom. The van der Waals surface area contributed by atoms with Gasteiger partial charge >= 0.3 is 6.18 Å². The number of rotatable bonds is 0. The second kappa shape index (κ2) is 3.98. The third-order valence-corrected chi connectivity index (χ3v) is 1.96. The van der Waals surface area contributed by atoms with E-state index >= 15 is 0 Å². The van der Waals surface area contributed by atoms with Crippen LogP contribution in [0.5, 0.6) is 0 Å². The minimum Gasteiger partial charge on any atom is -1.00 e. The summed E-state index contributed by atoms with van der Waals surface area (Å²) in [6, 6.07) is 3.10. The molecule has 0 heterocycles. The van der Waals surface area contributed by atoms with Crippen molar-refractivity contribution in [2.45, 2.75) is 26.9 Å². The van der Waals surface area contributed by atoms with Crippen molar-refractivity contribution in [1.82, 2.24) is 0 Å². The highest BCUT2D eigenvalue weighted by Crippen LogP contribution is 2.34. The van der Waals surface area contributed by atoms with Crippen molar-refractivity contribution in [3.63, 3.8) is 0 Å². The maximum atomic E-state index is 12.4. The standard InChI is InChI=1S/C10H11F3.FH/c1-6-4-7(2)9(8(3)5-6)10(11,12)13;/h4-5H,1-3H3;1H/p-1. The summed E-state index contributed by atoms with van der Waals surface area (Å²) in [5.74, 6) is 0. The van der Waals surface area contributed by atoms with Crippen LogP contribution >= 0.6 is 0 Å². The molecule has 0 nitrogen and oxygen atoms in total. The molecular weight excluding hydrogens is 196 g/mol. The Morgan fingerprint density at radius 3 is 1.57 bits per heavy atom. The summed E-state index contributed by atoms with van der Waals surface area (Å²) in [6.07, 6.45) is -4.23. The largest absolute Gasteiger partial charge is 1.00 e. The van der Waals surface area contributed by atoms with Crippen LogP contribution in [-0.4, -0.2) is 0 Å². The number of aryl methyl sites for hydroxylation is 3. The number of hydrogen-bond donors (Lipinski definition) is 0. The summed E-state index contributed by atoms with van der Waals surface area (Å²) in [5, 5.41) is 0. The topological polar surface area (TPSA) is 0 Å². The van der Waals surface area contributed by atoms with Gasteiger partial charge < -0.3 is 4.70 Å². The average Bonchev–Trinajstić information content (AvgIpc) is 1.78. The van der Waals surface area contributed by atoms with Crippen LogP contribution in [0.15, 0.2) is 12.1 Å². The van der Waals surface area contributed by atoms with Crippen molar-refractivity contribution in [2.24, 2.45) is 0 Å². The molecule has 1 rings (SSSR count). The maximum absolute atomic E-state index is 12.4. The second-order valence-corrected chi connectivity index (χ2v) is 3.27. The van der Waals surface area contributed by atoms with Crippen molar-refractivity contribution in [1.29, 1.82) is 0 Å². The Bertz CT molecular complexity index is 302. The van der Waals surface area contributed by atoms with Gasteiger partial charge in [-0.1, -0.05) is 17.7 Å². The highest BCUT2D eigenvalue weighted by Gasteiger charge is 2.33. The van der Waals surface area contributed by atoms with Gasteiger partial charge in [0.05, 0.1) is 5.56 Å². The molecule has 0 atom stereocenters. The number of benzene rings is 1. The van der Waals surface area contributed by atoms with E-state index in [-0.39, 0.29) is 4.70 Å². The predicted octanol–water partition coefficient (Wildman–Crippen LogP) is 0.635. The van der Waals surface area contributed by atoms with E-state index < -0.39 is 11.7 Å². The molecule has 0 N–H and O–H groups in total. The van der Waals surface area contributed by atoms with Crippen LogP contribution < -0.4 is 4.70 Å². The van der Waals surface area contributed by atoms with E-state index in [1.54, 1.807) is 19.1 Å². The molecule has 0 saturated heterocycles. The number of halogens is 4. The molecule has 1 aromatic rings. The van der Waals surface area contributed by atoms with Gasteiger partial charge in [0.15, 0.2) is 0 Å². The van der Waals surface area contributed by atoms with Gasteiger partial charge in [-0.3, -0.25) is 0 Å². The third kappa shape index (κ3) is 2.47. The molecule has 0 aliphatic rings. The Hall–Kier alpha value is -1.06. The average molecular weight is 207 g/mol. The van der Waals surface area contributed by atoms with Crippen LogP contribution in [0.3, 0.4) is 0 Å². The minimum atomic E-state index is -4.23. The Balaban J connectivity index is 0.00000169. The van der Waals surface area contributed by atoms with Gasteiger partial charge in [0.1, 0.15) is 0 Å². The second-order valence-electron chi connectivity index (χ2n) is 3.27. The van der Waals surface area contributed by atoms with E-state index in [4.69, 9.17) is 0 Å². The monoisotopic (exact) mass is 207 g/mol. The van der Waals surface area contributed by atoms with E-state index in [0.29, 0.717) is 11.1 Å². The van der Waals surface area contributed by atoms with Gasteiger partial charge in [0, 0.05) is 0 Å². The van der Waals surface area contributed by atoms with E-state index in [2.05, 4.69) is 0 Å². The lowest BCUT2D eigenvalue weighted by Crippen LogP contribution is -3.00. The summed E-state index contributed by atoms with van der Waals surface area (Å²) in [7, 11) is 0. The normalized spacial score (nSPS) is 11.0. The first-order chi connectivity index (χ1) is 5.82. The molecule has 14 heavy (non-hydrogen) atoms. The molecule has 0 aliphatic heterocycles. The Morgan fingerprint density at radius 1 is 0.929 bits per heavy atom. The molecule has 0 amide bonds. The van der Waals surface area contributed by atoms with Crippen LogP contribution in [0.1, 0.15) is 22.3 Å². The van der Waals surface area contributed by atoms with Crippen LogP contribution in [0.2, 0.25) is 0 Å². The lowest BCUT2D eigenvalue weighted by atomic mass is 10.00. The molecule has 0 spiro atoms. The summed E-state index contributed by atoms with van der Waals surface area (Å²) < 4.78 is 37.3. The van der Waals surface area contributed by atoms with Gasteiger partial charge in [0.25, 0.3) is 0 Å². The zero-order chi connectivity index (χ0) is 10.2. The molecule has 1 aromatic carbocycles. The molecule has 0 fully saturated rings. The summed E-state index contributed by atoms with van der Waals surface area (Å²) >= 11 is 0. The maximum Gasteiger partial charge on any atom is 0.416 e. The van der Waals surface area contributed by atoms with Gasteiger partial charge in [0.2, 0.25) is 0 Å². The first-order valence-electron chi connectivity index (χ1n) is 3.97. The van der Waals surface area contributed by atoms with Crippen molar-refractivity contribution in [3.8, 4) is 0 Å². The molecule has 4 heteroatoms. The third-order valence-electron chi connectivity index (χ3n) is 1.96. The summed E-state index contributed by atoms with van der Waals surface area (Å²) in [5.41, 5.74) is 0.955. The number of alkyl halides is 3. The van der Waals surface area contributed by atoms with Gasteiger partial charge in [-0.05, 0) is 31.9 Å². The van der Waals surface area contributed by atoms with Gasteiger partial charge in [-0.2, -0.15) is 13.2 Å². The van der Waals surface area contributed by atoms with Crippen molar-refractivity contribution >= 4 is 0 Å². The molecule has 0 radical (unpaired) electrons. The van der Waals surface area contributed by atoms with Crippen molar-refractivity contribution in [2.75, 3.05) is 0 Å². The number of hydrogen-bond acceptors (Lipinski definition) is 0. The Labute approximate surface area is 80.1 Å². The highest BCUT2D eigenvalue weighted by atomic mass is 19.4. The SMILES string of the molecule is Cc1cc(C)c(C(F)(F)F)c(C)c1.[F-]. The summed E-state index contributed by atoms with van der Waals surface area (Å²) in [4.78, 5) is 0. The van der Waals surface area contributed by atoms with Crippen LogP contribution in [0.4, 0.5) is 13.2 Å². The molecule has 0 aromatic heterocycles. The van der Waals surface area contributed by atoms with E-state index in [0.717, 1.165) is 5.56 Å². The fourth-order valence-electron chi connectivity index (χ4n) is 1.63. The molecule has 0 unspecified atom stereocenters. The first kappa shape index (κ1) is 12.9. The van der Waals surface area contributed by atoms with E-state index in [9.17, 15) is 13.2 Å². The quantitative estimate of drug-likeness (QED) is 0.547. The van der Waals surface area contributed by atoms with Gasteiger partial charge in [-0.25, -0.2) is 0 Å². The van der Waals surface area contributed by atoms with Crippen molar-refractivity contribution < 1.29 is 17.9 Å². The van der Waals surface area contributed by atoms with E-state index in [1.165, 1.54) is 13.8 Å². The zero-order valence-corrected chi connectivity index (χ0v) is 8.17. The smallest absolute Gasteiger partial charge is 0.416 e. The molecule has 0 aliphatic carbocycles. The highest BCUT2D eigenvalue weighted by molar-refractivity contribution is 5.39. The van der Waals surface area contributed by atoms with E-state index in [1.807, 2.05) is 0 Å². The minimum absolute atomic E-state index is 0. The predicted molar refractivity (Wildman–Crippen MR) is 45.7 cm³/mol. The fourth-order valence-corrected chi connectivity index (χ4v) is 1.63. The first-order valence-corrected chi connectivity index (χ1v) is 3.97. The lowest BCUT2D eigenvalue weighted by molar-refractivity contribution is -0.138. The van der Waals surface area contributed by atoms with Crippen LogP contribution in [-0.2, 0) is 6.18 Å². The Kier molecular flexibility index (Phi) is 3.68.